The second kappa shape index (κ2) is 4.76. The molecule has 1 aromatic rings. The van der Waals surface area contributed by atoms with E-state index in [-0.39, 0.29) is 12.0 Å². The van der Waals surface area contributed by atoms with E-state index in [9.17, 15) is 18.3 Å². The summed E-state index contributed by atoms with van der Waals surface area (Å²) < 4.78 is 37.8. The average Bonchev–Trinajstić information content (AvgIpc) is 2.32. The van der Waals surface area contributed by atoms with Crippen molar-refractivity contribution in [1.29, 1.82) is 0 Å². The Kier molecular flexibility index (Phi) is 3.47. The van der Waals surface area contributed by atoms with E-state index in [2.05, 4.69) is 4.98 Å². The van der Waals surface area contributed by atoms with Crippen molar-refractivity contribution in [3.63, 3.8) is 0 Å². The number of hydrogen-bond acceptors (Lipinski definition) is 3. The van der Waals surface area contributed by atoms with Crippen LogP contribution in [0.15, 0.2) is 18.3 Å². The fourth-order valence-corrected chi connectivity index (χ4v) is 2.11. The molecule has 0 amide bonds. The first kappa shape index (κ1) is 13.1. The van der Waals surface area contributed by atoms with Crippen LogP contribution in [-0.4, -0.2) is 29.3 Å². The highest BCUT2D eigenvalue weighted by molar-refractivity contribution is 5.42. The van der Waals surface area contributed by atoms with Gasteiger partial charge in [0.15, 0.2) is 0 Å². The standard InChI is InChI=1S/C12H15F3N2O/c1-8-7-17(5-3-10(8)18)11-6-9(2-4-16-11)12(13,14)15/h2,4,6,8,10,18H,3,5,7H2,1H3. The fraction of sp³-hybridized carbons (Fsp3) is 0.583. The van der Waals surface area contributed by atoms with Gasteiger partial charge in [0.25, 0.3) is 0 Å². The molecule has 2 heterocycles. The molecule has 1 aliphatic rings. The van der Waals surface area contributed by atoms with Gasteiger partial charge in [-0.05, 0) is 24.5 Å². The Labute approximate surface area is 103 Å². The molecule has 0 aliphatic carbocycles. The van der Waals surface area contributed by atoms with Crippen LogP contribution in [0.2, 0.25) is 0 Å². The SMILES string of the molecule is CC1CN(c2cc(C(F)(F)F)ccn2)CCC1O. The number of piperidine rings is 1. The Morgan fingerprint density at radius 2 is 2.17 bits per heavy atom. The van der Waals surface area contributed by atoms with E-state index in [0.29, 0.717) is 25.3 Å². The number of anilines is 1. The van der Waals surface area contributed by atoms with Crippen molar-refractivity contribution >= 4 is 5.82 Å². The molecule has 6 heteroatoms. The van der Waals surface area contributed by atoms with Crippen molar-refractivity contribution < 1.29 is 18.3 Å². The number of hydrogen-bond donors (Lipinski definition) is 1. The van der Waals surface area contributed by atoms with E-state index >= 15 is 0 Å². The summed E-state index contributed by atoms with van der Waals surface area (Å²) >= 11 is 0. The van der Waals surface area contributed by atoms with Gasteiger partial charge >= 0.3 is 6.18 Å². The average molecular weight is 260 g/mol. The highest BCUT2D eigenvalue weighted by Crippen LogP contribution is 2.31. The monoisotopic (exact) mass is 260 g/mol. The number of pyridine rings is 1. The second-order valence-corrected chi connectivity index (χ2v) is 4.68. The number of rotatable bonds is 1. The van der Waals surface area contributed by atoms with Crippen LogP contribution in [0, 0.1) is 5.92 Å². The molecule has 3 nitrogen and oxygen atoms in total. The smallest absolute Gasteiger partial charge is 0.393 e. The Balaban J connectivity index is 2.19. The lowest BCUT2D eigenvalue weighted by atomic mass is 9.97. The molecule has 1 saturated heterocycles. The number of halogens is 3. The van der Waals surface area contributed by atoms with Crippen molar-refractivity contribution in [2.75, 3.05) is 18.0 Å². The molecule has 1 aromatic heterocycles. The molecule has 0 saturated carbocycles. The van der Waals surface area contributed by atoms with Crippen LogP contribution in [0.4, 0.5) is 19.0 Å². The third kappa shape index (κ3) is 2.75. The van der Waals surface area contributed by atoms with Crippen molar-refractivity contribution in [3.8, 4) is 0 Å². The number of alkyl halides is 3. The third-order valence-electron chi connectivity index (χ3n) is 3.26. The third-order valence-corrected chi connectivity index (χ3v) is 3.26. The first-order valence-electron chi connectivity index (χ1n) is 5.84. The summed E-state index contributed by atoms with van der Waals surface area (Å²) in [6, 6.07) is 2.02. The Morgan fingerprint density at radius 3 is 2.78 bits per heavy atom. The second-order valence-electron chi connectivity index (χ2n) is 4.68. The normalized spacial score (nSPS) is 25.3. The lowest BCUT2D eigenvalue weighted by Gasteiger charge is -2.35. The summed E-state index contributed by atoms with van der Waals surface area (Å²) in [6.45, 7) is 2.93. The van der Waals surface area contributed by atoms with Gasteiger partial charge in [0.05, 0.1) is 11.7 Å². The molecule has 2 atom stereocenters. The van der Waals surface area contributed by atoms with Crippen LogP contribution < -0.4 is 4.90 Å². The molecule has 2 unspecified atom stereocenters. The molecule has 0 spiro atoms. The quantitative estimate of drug-likeness (QED) is 0.841. The van der Waals surface area contributed by atoms with E-state index in [1.807, 2.05) is 6.92 Å². The van der Waals surface area contributed by atoms with Crippen LogP contribution in [0.5, 0.6) is 0 Å². The summed E-state index contributed by atoms with van der Waals surface area (Å²) in [4.78, 5) is 5.76. The van der Waals surface area contributed by atoms with Crippen LogP contribution in [0.1, 0.15) is 18.9 Å². The lowest BCUT2D eigenvalue weighted by Crippen LogP contribution is -2.42. The van der Waals surface area contributed by atoms with Gasteiger partial charge in [0.2, 0.25) is 0 Å². The summed E-state index contributed by atoms with van der Waals surface area (Å²) in [5.41, 5.74) is -0.689. The molecular formula is C12H15F3N2O. The zero-order valence-corrected chi connectivity index (χ0v) is 9.98. The zero-order valence-electron chi connectivity index (χ0n) is 9.98. The Morgan fingerprint density at radius 1 is 1.44 bits per heavy atom. The molecule has 1 N–H and O–H groups in total. The highest BCUT2D eigenvalue weighted by atomic mass is 19.4. The molecular weight excluding hydrogens is 245 g/mol. The summed E-state index contributed by atoms with van der Waals surface area (Å²) in [6.07, 6.45) is -3.00. The maximum atomic E-state index is 12.6. The number of aliphatic hydroxyl groups excluding tert-OH is 1. The van der Waals surface area contributed by atoms with Gasteiger partial charge in [0.1, 0.15) is 5.82 Å². The van der Waals surface area contributed by atoms with Crippen LogP contribution in [-0.2, 0) is 6.18 Å². The van der Waals surface area contributed by atoms with Gasteiger partial charge < -0.3 is 10.0 Å². The van der Waals surface area contributed by atoms with Gasteiger partial charge in [-0.3, -0.25) is 0 Å². The molecule has 100 valence electrons. The van der Waals surface area contributed by atoms with E-state index < -0.39 is 11.7 Å². The van der Waals surface area contributed by atoms with E-state index in [1.54, 1.807) is 4.90 Å². The topological polar surface area (TPSA) is 36.4 Å². The van der Waals surface area contributed by atoms with E-state index in [1.165, 1.54) is 6.20 Å². The summed E-state index contributed by atoms with van der Waals surface area (Å²) in [7, 11) is 0. The highest BCUT2D eigenvalue weighted by Gasteiger charge is 2.32. The minimum Gasteiger partial charge on any atom is -0.393 e. The number of aliphatic hydroxyl groups is 1. The van der Waals surface area contributed by atoms with Gasteiger partial charge in [-0.15, -0.1) is 0 Å². The molecule has 2 rings (SSSR count). The minimum absolute atomic E-state index is 0.0371. The van der Waals surface area contributed by atoms with E-state index in [0.717, 1.165) is 12.1 Å². The van der Waals surface area contributed by atoms with Crippen molar-refractivity contribution in [2.45, 2.75) is 25.6 Å². The molecule has 0 bridgehead atoms. The van der Waals surface area contributed by atoms with Crippen molar-refractivity contribution in [3.05, 3.63) is 23.9 Å². The molecule has 0 aromatic carbocycles. The molecule has 1 fully saturated rings. The van der Waals surface area contributed by atoms with Crippen LogP contribution >= 0.6 is 0 Å². The Hall–Kier alpha value is -1.30. The van der Waals surface area contributed by atoms with Crippen molar-refractivity contribution in [1.82, 2.24) is 4.98 Å². The molecule has 18 heavy (non-hydrogen) atoms. The van der Waals surface area contributed by atoms with Crippen molar-refractivity contribution in [2.24, 2.45) is 5.92 Å². The largest absolute Gasteiger partial charge is 0.416 e. The first-order valence-corrected chi connectivity index (χ1v) is 5.84. The first-order chi connectivity index (χ1) is 8.38. The maximum Gasteiger partial charge on any atom is 0.416 e. The van der Waals surface area contributed by atoms with Gasteiger partial charge in [0, 0.05) is 19.3 Å². The van der Waals surface area contributed by atoms with Gasteiger partial charge in [-0.2, -0.15) is 13.2 Å². The predicted molar refractivity (Wildman–Crippen MR) is 61.2 cm³/mol. The fourth-order valence-electron chi connectivity index (χ4n) is 2.11. The summed E-state index contributed by atoms with van der Waals surface area (Å²) in [5.74, 6) is 0.360. The maximum absolute atomic E-state index is 12.6. The zero-order chi connectivity index (χ0) is 13.3. The van der Waals surface area contributed by atoms with Gasteiger partial charge in [-0.1, -0.05) is 6.92 Å². The lowest BCUT2D eigenvalue weighted by molar-refractivity contribution is -0.137. The van der Waals surface area contributed by atoms with E-state index in [4.69, 9.17) is 0 Å². The van der Waals surface area contributed by atoms with Gasteiger partial charge in [-0.25, -0.2) is 4.98 Å². The summed E-state index contributed by atoms with van der Waals surface area (Å²) in [5, 5.41) is 9.60. The Bertz CT molecular complexity index is 422. The molecule has 1 aliphatic heterocycles. The minimum atomic E-state index is -4.35. The predicted octanol–water partition coefficient (Wildman–Crippen LogP) is 2.31. The van der Waals surface area contributed by atoms with Crippen LogP contribution in [0.25, 0.3) is 0 Å². The van der Waals surface area contributed by atoms with Crippen LogP contribution in [0.3, 0.4) is 0 Å². The number of nitrogens with zero attached hydrogens (tertiary/aromatic N) is 2. The molecule has 0 radical (unpaired) electrons. The number of aromatic nitrogens is 1.